The average molecular weight is 384 g/mol. The largest absolute Gasteiger partial charge is 0.368 e. The van der Waals surface area contributed by atoms with Crippen LogP contribution in [0.4, 0.5) is 14.5 Å². The van der Waals surface area contributed by atoms with Gasteiger partial charge in [0.1, 0.15) is 11.1 Å². The van der Waals surface area contributed by atoms with E-state index in [9.17, 15) is 18.4 Å². The summed E-state index contributed by atoms with van der Waals surface area (Å²) in [6.45, 7) is 3.98. The summed E-state index contributed by atoms with van der Waals surface area (Å²) in [6, 6.07) is 3.44. The van der Waals surface area contributed by atoms with Gasteiger partial charge in [-0.3, -0.25) is 9.59 Å². The van der Waals surface area contributed by atoms with Crippen molar-refractivity contribution in [2.24, 2.45) is 11.8 Å². The van der Waals surface area contributed by atoms with Gasteiger partial charge >= 0.3 is 0 Å². The van der Waals surface area contributed by atoms with Gasteiger partial charge < -0.3 is 15.1 Å². The van der Waals surface area contributed by atoms with Gasteiger partial charge in [-0.15, -0.1) is 0 Å². The number of amides is 2. The fraction of sp³-hybridized carbons (Fsp3) is 0.333. The van der Waals surface area contributed by atoms with Crippen LogP contribution in [0.3, 0.4) is 0 Å². The van der Waals surface area contributed by atoms with Crippen LogP contribution in [0.5, 0.6) is 0 Å². The molecule has 0 radical (unpaired) electrons. The van der Waals surface area contributed by atoms with E-state index >= 15 is 0 Å². The Kier molecular flexibility index (Phi) is 6.02. The summed E-state index contributed by atoms with van der Waals surface area (Å²) >= 11 is 6.30. The second kappa shape index (κ2) is 7.86. The van der Waals surface area contributed by atoms with E-state index in [2.05, 4.69) is 11.9 Å². The van der Waals surface area contributed by atoms with Gasteiger partial charge in [0.15, 0.2) is 11.6 Å². The van der Waals surface area contributed by atoms with E-state index in [4.69, 9.17) is 11.6 Å². The van der Waals surface area contributed by atoms with E-state index in [0.717, 1.165) is 6.07 Å². The quantitative estimate of drug-likeness (QED) is 0.483. The van der Waals surface area contributed by atoms with Crippen molar-refractivity contribution >= 4 is 29.1 Å². The molecular weight excluding hydrogens is 364 g/mol. The van der Waals surface area contributed by atoms with Gasteiger partial charge in [-0.2, -0.15) is 0 Å². The van der Waals surface area contributed by atoms with Gasteiger partial charge in [-0.05, 0) is 17.7 Å². The Morgan fingerprint density at radius 1 is 1.42 bits per heavy atom. The molecule has 0 saturated carbocycles. The summed E-state index contributed by atoms with van der Waals surface area (Å²) in [5.74, 6) is -5.09. The molecule has 26 heavy (non-hydrogen) atoms. The van der Waals surface area contributed by atoms with Gasteiger partial charge in [0.25, 0.3) is 0 Å². The van der Waals surface area contributed by atoms with Crippen molar-refractivity contribution in [2.75, 3.05) is 33.0 Å². The number of anilines is 1. The molecule has 2 rings (SSSR count). The second-order valence-electron chi connectivity index (χ2n) is 6.24. The van der Waals surface area contributed by atoms with Gasteiger partial charge in [0.05, 0.1) is 5.69 Å². The molecule has 0 aromatic heterocycles. The molecule has 1 aromatic rings. The molecule has 1 saturated heterocycles. The minimum atomic E-state index is -1.18. The molecule has 5 nitrogen and oxygen atoms in total. The molecule has 8 heteroatoms. The first-order chi connectivity index (χ1) is 12.2. The van der Waals surface area contributed by atoms with Crippen molar-refractivity contribution < 1.29 is 18.4 Å². The number of carbonyl (C=O) groups excluding carboxylic acids is 2. The molecule has 1 N–H and O–H groups in total. The zero-order valence-corrected chi connectivity index (χ0v) is 15.5. The molecule has 2 atom stereocenters. The first kappa shape index (κ1) is 19.9. The maximum atomic E-state index is 13.8. The van der Waals surface area contributed by atoms with Crippen molar-refractivity contribution in [1.82, 2.24) is 9.80 Å². The number of halogens is 3. The van der Waals surface area contributed by atoms with Gasteiger partial charge in [-0.25, -0.2) is 8.78 Å². The predicted octanol–water partition coefficient (Wildman–Crippen LogP) is 2.81. The second-order valence-corrected chi connectivity index (χ2v) is 6.60. The standard InChI is InChI=1S/C18H20ClF2N3O2/c1-5-10(16(19)23(2)3)11-9-24(4)18(26)14(11)17(25)22-13-8-6-7-12(20)15(13)21/h5-8,11,14H,1,9H2,2-4H3,(H,22,25)/b16-10+/t11-,14+/m1/s1. The van der Waals surface area contributed by atoms with Crippen LogP contribution in [-0.4, -0.2) is 49.3 Å². The van der Waals surface area contributed by atoms with E-state index in [-0.39, 0.29) is 12.2 Å². The Morgan fingerprint density at radius 2 is 2.08 bits per heavy atom. The molecule has 1 aromatic carbocycles. The van der Waals surface area contributed by atoms with Gasteiger partial charge in [0.2, 0.25) is 11.8 Å². The number of nitrogens with zero attached hydrogens (tertiary/aromatic N) is 2. The fourth-order valence-electron chi connectivity index (χ4n) is 2.93. The lowest BCUT2D eigenvalue weighted by atomic mass is 9.87. The van der Waals surface area contributed by atoms with Crippen LogP contribution < -0.4 is 5.32 Å². The number of likely N-dealkylation sites (tertiary alicyclic amines) is 1. The summed E-state index contributed by atoms with van der Waals surface area (Å²) in [5, 5.41) is 2.66. The topological polar surface area (TPSA) is 52.7 Å². The van der Waals surface area contributed by atoms with Crippen molar-refractivity contribution in [3.63, 3.8) is 0 Å². The van der Waals surface area contributed by atoms with Crippen molar-refractivity contribution in [3.05, 3.63) is 53.2 Å². The first-order valence-electron chi connectivity index (χ1n) is 7.88. The van der Waals surface area contributed by atoms with Crippen LogP contribution in [0.1, 0.15) is 0 Å². The first-order valence-corrected chi connectivity index (χ1v) is 8.26. The monoisotopic (exact) mass is 383 g/mol. The fourth-order valence-corrected chi connectivity index (χ4v) is 3.15. The Labute approximate surface area is 155 Å². The van der Waals surface area contributed by atoms with Crippen molar-refractivity contribution in [1.29, 1.82) is 0 Å². The summed E-state index contributed by atoms with van der Waals surface area (Å²) in [4.78, 5) is 28.2. The Morgan fingerprint density at radius 3 is 2.65 bits per heavy atom. The van der Waals surface area contributed by atoms with Crippen LogP contribution in [0, 0.1) is 23.5 Å². The summed E-state index contributed by atoms with van der Waals surface area (Å²) < 4.78 is 27.2. The lowest BCUT2D eigenvalue weighted by Gasteiger charge is -2.22. The van der Waals surface area contributed by atoms with Gasteiger partial charge in [-0.1, -0.05) is 30.3 Å². The molecule has 0 spiro atoms. The Hall–Kier alpha value is -2.41. The summed E-state index contributed by atoms with van der Waals surface area (Å²) in [6.07, 6.45) is 1.50. The highest BCUT2D eigenvalue weighted by molar-refractivity contribution is 6.29. The molecule has 1 fully saturated rings. The number of carbonyl (C=O) groups is 2. The van der Waals surface area contributed by atoms with Crippen LogP contribution in [0.15, 0.2) is 41.6 Å². The van der Waals surface area contributed by atoms with E-state index in [0.29, 0.717) is 10.7 Å². The third-order valence-electron chi connectivity index (χ3n) is 4.26. The maximum absolute atomic E-state index is 13.8. The predicted molar refractivity (Wildman–Crippen MR) is 96.4 cm³/mol. The SMILES string of the molecule is C=C/C(=C(/Cl)N(C)C)[C@H]1CN(C)C(=O)[C@@H]1C(=O)Nc1cccc(F)c1F. The van der Waals surface area contributed by atoms with Crippen LogP contribution in [-0.2, 0) is 9.59 Å². The minimum absolute atomic E-state index is 0.258. The molecule has 0 aliphatic carbocycles. The molecule has 1 heterocycles. The molecule has 2 amide bonds. The smallest absolute Gasteiger partial charge is 0.237 e. The molecule has 140 valence electrons. The zero-order valence-electron chi connectivity index (χ0n) is 14.7. The lowest BCUT2D eigenvalue weighted by Crippen LogP contribution is -2.34. The Balaban J connectivity index is 2.38. The highest BCUT2D eigenvalue weighted by atomic mass is 35.5. The number of rotatable bonds is 5. The highest BCUT2D eigenvalue weighted by Gasteiger charge is 2.45. The van der Waals surface area contributed by atoms with Crippen LogP contribution >= 0.6 is 11.6 Å². The zero-order chi connectivity index (χ0) is 19.6. The van der Waals surface area contributed by atoms with E-state index in [1.54, 1.807) is 26.0 Å². The summed E-state index contributed by atoms with van der Waals surface area (Å²) in [7, 11) is 5.02. The van der Waals surface area contributed by atoms with E-state index < -0.39 is 35.3 Å². The highest BCUT2D eigenvalue weighted by Crippen LogP contribution is 2.35. The normalized spacial score (nSPS) is 20.7. The number of nitrogens with one attached hydrogen (secondary N) is 1. The minimum Gasteiger partial charge on any atom is -0.368 e. The van der Waals surface area contributed by atoms with Crippen LogP contribution in [0.2, 0.25) is 0 Å². The number of hydrogen-bond acceptors (Lipinski definition) is 3. The van der Waals surface area contributed by atoms with Crippen molar-refractivity contribution in [2.45, 2.75) is 0 Å². The van der Waals surface area contributed by atoms with E-state index in [1.165, 1.54) is 23.1 Å². The number of allylic oxidation sites excluding steroid dienone is 1. The lowest BCUT2D eigenvalue weighted by molar-refractivity contribution is -0.135. The summed E-state index contributed by atoms with van der Waals surface area (Å²) in [5.41, 5.74) is 0.216. The maximum Gasteiger partial charge on any atom is 0.237 e. The van der Waals surface area contributed by atoms with Crippen molar-refractivity contribution in [3.8, 4) is 0 Å². The molecule has 1 aliphatic rings. The molecule has 0 bridgehead atoms. The Bertz CT molecular complexity index is 780. The molecular formula is C18H20ClF2N3O2. The number of benzene rings is 1. The van der Waals surface area contributed by atoms with Gasteiger partial charge in [0, 0.05) is 33.6 Å². The third-order valence-corrected chi connectivity index (χ3v) is 4.81. The molecule has 0 unspecified atom stereocenters. The molecule has 1 aliphatic heterocycles. The van der Waals surface area contributed by atoms with E-state index in [1.807, 2.05) is 0 Å². The number of hydrogen-bond donors (Lipinski definition) is 1. The third kappa shape index (κ3) is 3.72. The average Bonchev–Trinajstić information content (AvgIpc) is 2.87. The van der Waals surface area contributed by atoms with Crippen LogP contribution in [0.25, 0.3) is 0 Å².